The van der Waals surface area contributed by atoms with E-state index in [1.54, 1.807) is 12.1 Å². The lowest BCUT2D eigenvalue weighted by Gasteiger charge is -2.01. The summed E-state index contributed by atoms with van der Waals surface area (Å²) in [5, 5.41) is 4.83. The van der Waals surface area contributed by atoms with Gasteiger partial charge in [-0.25, -0.2) is 0 Å². The molecule has 0 radical (unpaired) electrons. The van der Waals surface area contributed by atoms with E-state index in [4.69, 9.17) is 8.71 Å². The number of hydrogen-bond donors (Lipinski definition) is 0. The Kier molecular flexibility index (Phi) is 2.94. The van der Waals surface area contributed by atoms with Crippen LogP contribution in [0.1, 0.15) is 0 Å². The monoisotopic (exact) mass is 289 g/mol. The van der Waals surface area contributed by atoms with Crippen LogP contribution in [0.25, 0.3) is 22.2 Å². The molecule has 5 nitrogen and oxygen atoms in total. The fourth-order valence-corrected chi connectivity index (χ4v) is 2.40. The standard InChI is InChI=1S/C14H11NO4S/c1-20(16,17)19-11-7-8-12-13(9-11)18-15-14(12)10-5-3-2-4-6-10/h2-9H,1H3. The van der Waals surface area contributed by atoms with Crippen LogP contribution in [0.3, 0.4) is 0 Å². The summed E-state index contributed by atoms with van der Waals surface area (Å²) in [6.07, 6.45) is 0.993. The zero-order chi connectivity index (χ0) is 14.2. The molecule has 0 atom stereocenters. The summed E-state index contributed by atoms with van der Waals surface area (Å²) in [6, 6.07) is 14.4. The highest BCUT2D eigenvalue weighted by Gasteiger charge is 2.12. The molecule has 2 aromatic carbocycles. The largest absolute Gasteiger partial charge is 0.382 e. The van der Waals surface area contributed by atoms with Crippen molar-refractivity contribution < 1.29 is 17.1 Å². The lowest BCUT2D eigenvalue weighted by molar-refractivity contribution is 0.457. The summed E-state index contributed by atoms with van der Waals surface area (Å²) >= 11 is 0. The minimum Gasteiger partial charge on any atom is -0.382 e. The van der Waals surface area contributed by atoms with Crippen molar-refractivity contribution in [2.75, 3.05) is 6.26 Å². The van der Waals surface area contributed by atoms with Gasteiger partial charge in [0.2, 0.25) is 0 Å². The van der Waals surface area contributed by atoms with Gasteiger partial charge in [0.25, 0.3) is 0 Å². The molecule has 0 aliphatic carbocycles. The second kappa shape index (κ2) is 4.64. The number of fused-ring (bicyclic) bond motifs is 1. The van der Waals surface area contributed by atoms with Crippen molar-refractivity contribution in [1.82, 2.24) is 5.16 Å². The van der Waals surface area contributed by atoms with E-state index < -0.39 is 10.1 Å². The maximum Gasteiger partial charge on any atom is 0.306 e. The SMILES string of the molecule is CS(=O)(=O)Oc1ccc2c(-c3ccccc3)noc2c1. The molecule has 0 spiro atoms. The van der Waals surface area contributed by atoms with E-state index in [-0.39, 0.29) is 5.75 Å². The van der Waals surface area contributed by atoms with Gasteiger partial charge in [-0.3, -0.25) is 0 Å². The molecule has 20 heavy (non-hydrogen) atoms. The molecule has 0 N–H and O–H groups in total. The third kappa shape index (κ3) is 2.50. The van der Waals surface area contributed by atoms with Crippen molar-refractivity contribution in [1.29, 1.82) is 0 Å². The average Bonchev–Trinajstić information content (AvgIpc) is 2.81. The van der Waals surface area contributed by atoms with Crippen molar-refractivity contribution in [2.24, 2.45) is 0 Å². The van der Waals surface area contributed by atoms with Crippen LogP contribution >= 0.6 is 0 Å². The van der Waals surface area contributed by atoms with Gasteiger partial charge in [-0.05, 0) is 12.1 Å². The Morgan fingerprint density at radius 3 is 2.55 bits per heavy atom. The molecule has 6 heteroatoms. The van der Waals surface area contributed by atoms with Gasteiger partial charge in [0.1, 0.15) is 11.4 Å². The van der Waals surface area contributed by atoms with E-state index in [1.807, 2.05) is 30.3 Å². The molecule has 0 unspecified atom stereocenters. The first-order valence-electron chi connectivity index (χ1n) is 5.87. The first-order chi connectivity index (χ1) is 9.53. The van der Waals surface area contributed by atoms with Gasteiger partial charge in [-0.2, -0.15) is 8.42 Å². The minimum absolute atomic E-state index is 0.204. The Labute approximate surface area is 115 Å². The van der Waals surface area contributed by atoms with Gasteiger partial charge in [0, 0.05) is 17.0 Å². The van der Waals surface area contributed by atoms with Crippen molar-refractivity contribution in [3.63, 3.8) is 0 Å². The van der Waals surface area contributed by atoms with Crippen LogP contribution in [0.5, 0.6) is 5.75 Å². The van der Waals surface area contributed by atoms with E-state index in [2.05, 4.69) is 5.16 Å². The molecular formula is C14H11NO4S. The van der Waals surface area contributed by atoms with E-state index in [0.29, 0.717) is 11.3 Å². The summed E-state index contributed by atoms with van der Waals surface area (Å²) in [7, 11) is -3.55. The fraction of sp³-hybridized carbons (Fsp3) is 0.0714. The lowest BCUT2D eigenvalue weighted by Crippen LogP contribution is -2.05. The van der Waals surface area contributed by atoms with Crippen LogP contribution in [0.15, 0.2) is 53.1 Å². The van der Waals surface area contributed by atoms with Crippen molar-refractivity contribution in [2.45, 2.75) is 0 Å². The van der Waals surface area contributed by atoms with Gasteiger partial charge in [-0.15, -0.1) is 0 Å². The molecule has 102 valence electrons. The predicted octanol–water partition coefficient (Wildman–Crippen LogP) is 2.83. The van der Waals surface area contributed by atoms with E-state index >= 15 is 0 Å². The Morgan fingerprint density at radius 2 is 1.85 bits per heavy atom. The van der Waals surface area contributed by atoms with Crippen LogP contribution in [-0.4, -0.2) is 19.8 Å². The zero-order valence-corrected chi connectivity index (χ0v) is 11.4. The molecule has 1 aromatic heterocycles. The summed E-state index contributed by atoms with van der Waals surface area (Å²) in [6.45, 7) is 0. The average molecular weight is 289 g/mol. The number of benzene rings is 2. The molecule has 0 bridgehead atoms. The second-order valence-corrected chi connectivity index (χ2v) is 5.92. The Morgan fingerprint density at radius 1 is 1.10 bits per heavy atom. The fourth-order valence-electron chi connectivity index (χ4n) is 1.95. The summed E-state index contributed by atoms with van der Waals surface area (Å²) in [5.74, 6) is 0.204. The Balaban J connectivity index is 2.07. The molecule has 3 rings (SSSR count). The maximum absolute atomic E-state index is 11.1. The first-order valence-corrected chi connectivity index (χ1v) is 7.69. The molecule has 0 amide bonds. The highest BCUT2D eigenvalue weighted by Crippen LogP contribution is 2.30. The Bertz CT molecular complexity index is 853. The number of aromatic nitrogens is 1. The van der Waals surface area contributed by atoms with Gasteiger partial charge in [0.05, 0.1) is 6.26 Å². The maximum atomic E-state index is 11.1. The van der Waals surface area contributed by atoms with Gasteiger partial charge in [0.15, 0.2) is 5.58 Å². The summed E-state index contributed by atoms with van der Waals surface area (Å²) in [5.41, 5.74) is 2.12. The van der Waals surface area contributed by atoms with Crippen LogP contribution in [0.4, 0.5) is 0 Å². The number of rotatable bonds is 3. The molecule has 0 aliphatic heterocycles. The predicted molar refractivity (Wildman–Crippen MR) is 74.9 cm³/mol. The van der Waals surface area contributed by atoms with E-state index in [9.17, 15) is 8.42 Å². The molecule has 1 heterocycles. The normalized spacial score (nSPS) is 11.7. The summed E-state index contributed by atoms with van der Waals surface area (Å²) in [4.78, 5) is 0. The number of nitrogens with zero attached hydrogens (tertiary/aromatic N) is 1. The molecule has 0 fully saturated rings. The zero-order valence-electron chi connectivity index (χ0n) is 10.6. The number of hydrogen-bond acceptors (Lipinski definition) is 5. The third-order valence-electron chi connectivity index (χ3n) is 2.74. The second-order valence-electron chi connectivity index (χ2n) is 4.34. The lowest BCUT2D eigenvalue weighted by atomic mass is 10.1. The highest BCUT2D eigenvalue weighted by molar-refractivity contribution is 7.86. The molecule has 0 saturated carbocycles. The van der Waals surface area contributed by atoms with Gasteiger partial charge < -0.3 is 8.71 Å². The smallest absolute Gasteiger partial charge is 0.306 e. The topological polar surface area (TPSA) is 69.4 Å². The van der Waals surface area contributed by atoms with E-state index in [1.165, 1.54) is 6.07 Å². The molecule has 0 aliphatic rings. The summed E-state index contributed by atoms with van der Waals surface area (Å²) < 4.78 is 32.2. The Hall–Kier alpha value is -2.34. The van der Waals surface area contributed by atoms with Crippen molar-refractivity contribution in [3.05, 3.63) is 48.5 Å². The van der Waals surface area contributed by atoms with Crippen molar-refractivity contribution >= 4 is 21.1 Å². The van der Waals surface area contributed by atoms with Crippen LogP contribution in [0, 0.1) is 0 Å². The quantitative estimate of drug-likeness (QED) is 0.693. The van der Waals surface area contributed by atoms with Crippen LogP contribution < -0.4 is 4.18 Å². The van der Waals surface area contributed by atoms with Gasteiger partial charge in [-0.1, -0.05) is 35.5 Å². The van der Waals surface area contributed by atoms with Gasteiger partial charge >= 0.3 is 10.1 Å². The van der Waals surface area contributed by atoms with E-state index in [0.717, 1.165) is 17.2 Å². The first kappa shape index (κ1) is 12.7. The van der Waals surface area contributed by atoms with Crippen LogP contribution in [0.2, 0.25) is 0 Å². The van der Waals surface area contributed by atoms with Crippen molar-refractivity contribution in [3.8, 4) is 17.0 Å². The van der Waals surface area contributed by atoms with Crippen LogP contribution in [-0.2, 0) is 10.1 Å². The highest BCUT2D eigenvalue weighted by atomic mass is 32.2. The third-order valence-corrected chi connectivity index (χ3v) is 3.23. The molecular weight excluding hydrogens is 278 g/mol. The molecule has 0 saturated heterocycles. The molecule has 3 aromatic rings. The minimum atomic E-state index is -3.55.